The van der Waals surface area contributed by atoms with E-state index >= 15 is 0 Å². The number of likely N-dealkylation sites (N-methyl/N-ethyl adjacent to an activating group) is 1. The molecule has 4 nitrogen and oxygen atoms in total. The number of aryl methyl sites for hydroxylation is 1. The molecule has 29 heavy (non-hydrogen) atoms. The molecule has 156 valence electrons. The van der Waals surface area contributed by atoms with Crippen molar-refractivity contribution in [2.24, 2.45) is 0 Å². The lowest BCUT2D eigenvalue weighted by atomic mass is 10.0. The summed E-state index contributed by atoms with van der Waals surface area (Å²) < 4.78 is 42.1. The molecule has 1 unspecified atom stereocenters. The molecule has 0 aromatic heterocycles. The first-order chi connectivity index (χ1) is 13.6. The highest BCUT2D eigenvalue weighted by Crippen LogP contribution is 2.38. The Kier molecular flexibility index (Phi) is 6.65. The number of benzene rings is 2. The van der Waals surface area contributed by atoms with Crippen LogP contribution in [0, 0.1) is 6.92 Å². The highest BCUT2D eigenvalue weighted by atomic mass is 79.9. The van der Waals surface area contributed by atoms with Gasteiger partial charge in [-0.1, -0.05) is 34.1 Å². The van der Waals surface area contributed by atoms with Crippen LogP contribution in [0.2, 0.25) is 0 Å². The number of halogens is 4. The van der Waals surface area contributed by atoms with E-state index in [-0.39, 0.29) is 11.5 Å². The maximum atomic E-state index is 13.8. The average Bonchev–Trinajstić information content (AvgIpc) is 2.66. The van der Waals surface area contributed by atoms with Gasteiger partial charge in [0.1, 0.15) is 6.04 Å². The van der Waals surface area contributed by atoms with E-state index in [1.54, 1.807) is 12.1 Å². The van der Waals surface area contributed by atoms with Gasteiger partial charge in [-0.05, 0) is 49.4 Å². The van der Waals surface area contributed by atoms with Crippen molar-refractivity contribution in [3.05, 3.63) is 63.6 Å². The first kappa shape index (κ1) is 21.8. The number of carbonyl (C=O) groups excluding carboxylic acids is 1. The minimum atomic E-state index is -4.37. The van der Waals surface area contributed by atoms with Crippen molar-refractivity contribution in [3.8, 4) is 0 Å². The van der Waals surface area contributed by atoms with Crippen LogP contribution in [0.25, 0.3) is 0 Å². The summed E-state index contributed by atoms with van der Waals surface area (Å²) >= 11 is 3.39. The molecule has 1 N–H and O–H groups in total. The lowest BCUT2D eigenvalue weighted by molar-refractivity contribution is -0.190. The summed E-state index contributed by atoms with van der Waals surface area (Å²) in [6, 6.07) is 9.52. The van der Waals surface area contributed by atoms with Crippen LogP contribution in [0.15, 0.2) is 46.9 Å². The van der Waals surface area contributed by atoms with Gasteiger partial charge in [0.15, 0.2) is 0 Å². The summed E-state index contributed by atoms with van der Waals surface area (Å²) in [5.41, 5.74) is 2.11. The fourth-order valence-electron chi connectivity index (χ4n) is 3.37. The van der Waals surface area contributed by atoms with Crippen molar-refractivity contribution in [1.82, 2.24) is 9.80 Å². The second-order valence-corrected chi connectivity index (χ2v) is 8.18. The third-order valence-electron chi connectivity index (χ3n) is 5.13. The largest absolute Gasteiger partial charge is 0.408 e. The first-order valence-electron chi connectivity index (χ1n) is 9.32. The molecule has 0 radical (unpaired) electrons. The molecule has 0 saturated carbocycles. The maximum Gasteiger partial charge on any atom is 0.408 e. The molecular formula is C21H23BrF3N3O. The minimum absolute atomic E-state index is 0.179. The molecule has 1 saturated heterocycles. The zero-order chi connectivity index (χ0) is 21.2. The minimum Gasteiger partial charge on any atom is -0.322 e. The predicted octanol–water partition coefficient (Wildman–Crippen LogP) is 4.86. The van der Waals surface area contributed by atoms with Crippen molar-refractivity contribution in [3.63, 3.8) is 0 Å². The van der Waals surface area contributed by atoms with Gasteiger partial charge in [-0.25, -0.2) is 0 Å². The third-order valence-corrected chi connectivity index (χ3v) is 5.99. The Balaban J connectivity index is 1.75. The van der Waals surface area contributed by atoms with Crippen LogP contribution in [0.4, 0.5) is 18.9 Å². The van der Waals surface area contributed by atoms with E-state index in [9.17, 15) is 18.0 Å². The Hall–Kier alpha value is -1.90. The molecular weight excluding hydrogens is 447 g/mol. The maximum absolute atomic E-state index is 13.8. The number of amides is 1. The quantitative estimate of drug-likeness (QED) is 0.694. The smallest absolute Gasteiger partial charge is 0.322 e. The molecule has 2 aromatic rings. The van der Waals surface area contributed by atoms with E-state index in [0.29, 0.717) is 37.4 Å². The number of hydrogen-bond donors (Lipinski definition) is 1. The molecule has 1 aliphatic rings. The molecule has 2 aromatic carbocycles. The number of rotatable bonds is 4. The molecule has 8 heteroatoms. The SMILES string of the molecule is Cc1ccc(C(=O)Nc2ccc(C(N3CCN(C)CC3)C(F)(F)F)cc2)cc1Br. The van der Waals surface area contributed by atoms with Crippen LogP contribution in [0.1, 0.15) is 27.5 Å². The van der Waals surface area contributed by atoms with Crippen LogP contribution in [0.3, 0.4) is 0 Å². The fraction of sp³-hybridized carbons (Fsp3) is 0.381. The zero-order valence-electron chi connectivity index (χ0n) is 16.3. The summed E-state index contributed by atoms with van der Waals surface area (Å²) in [6.45, 7) is 3.85. The lowest BCUT2D eigenvalue weighted by Crippen LogP contribution is -2.49. The van der Waals surface area contributed by atoms with E-state index in [1.165, 1.54) is 29.2 Å². The van der Waals surface area contributed by atoms with Crippen molar-refractivity contribution >= 4 is 27.5 Å². The molecule has 1 heterocycles. The van der Waals surface area contributed by atoms with E-state index < -0.39 is 12.2 Å². The molecule has 1 aliphatic heterocycles. The van der Waals surface area contributed by atoms with E-state index in [4.69, 9.17) is 0 Å². The Morgan fingerprint density at radius 1 is 1.07 bits per heavy atom. The van der Waals surface area contributed by atoms with Gasteiger partial charge in [-0.2, -0.15) is 13.2 Å². The van der Waals surface area contributed by atoms with Crippen molar-refractivity contribution in [2.75, 3.05) is 38.5 Å². The van der Waals surface area contributed by atoms with Gasteiger partial charge in [0.25, 0.3) is 5.91 Å². The van der Waals surface area contributed by atoms with Crippen LogP contribution >= 0.6 is 15.9 Å². The van der Waals surface area contributed by atoms with Gasteiger partial charge in [-0.3, -0.25) is 9.69 Å². The summed E-state index contributed by atoms with van der Waals surface area (Å²) in [5, 5.41) is 2.73. The van der Waals surface area contributed by atoms with Gasteiger partial charge in [0.05, 0.1) is 0 Å². The van der Waals surface area contributed by atoms with Crippen molar-refractivity contribution in [1.29, 1.82) is 0 Å². The summed E-state index contributed by atoms with van der Waals surface area (Å²) in [7, 11) is 1.91. The number of nitrogens with zero attached hydrogens (tertiary/aromatic N) is 2. The molecule has 1 atom stereocenters. The Bertz CT molecular complexity index is 862. The van der Waals surface area contributed by atoms with Crippen molar-refractivity contribution in [2.45, 2.75) is 19.1 Å². The van der Waals surface area contributed by atoms with Gasteiger partial charge >= 0.3 is 6.18 Å². The Morgan fingerprint density at radius 2 is 1.69 bits per heavy atom. The molecule has 0 spiro atoms. The predicted molar refractivity (Wildman–Crippen MR) is 111 cm³/mol. The van der Waals surface area contributed by atoms with Crippen LogP contribution in [0.5, 0.6) is 0 Å². The van der Waals surface area contributed by atoms with Crippen molar-refractivity contribution < 1.29 is 18.0 Å². The molecule has 1 fully saturated rings. The number of piperazine rings is 1. The van der Waals surface area contributed by atoms with Crippen LogP contribution in [-0.4, -0.2) is 55.1 Å². The van der Waals surface area contributed by atoms with Gasteiger partial charge in [0, 0.05) is 41.9 Å². The summed E-state index contributed by atoms with van der Waals surface area (Å²) in [4.78, 5) is 15.9. The Labute approximate surface area is 176 Å². The van der Waals surface area contributed by atoms with Gasteiger partial charge in [0.2, 0.25) is 0 Å². The second-order valence-electron chi connectivity index (χ2n) is 7.32. The lowest BCUT2D eigenvalue weighted by Gasteiger charge is -2.38. The number of alkyl halides is 3. The monoisotopic (exact) mass is 469 g/mol. The molecule has 0 aliphatic carbocycles. The number of nitrogens with one attached hydrogen (secondary N) is 1. The normalized spacial score (nSPS) is 17.2. The fourth-order valence-corrected chi connectivity index (χ4v) is 3.75. The van der Waals surface area contributed by atoms with E-state index in [0.717, 1.165) is 10.0 Å². The highest BCUT2D eigenvalue weighted by Gasteiger charge is 2.45. The summed E-state index contributed by atoms with van der Waals surface area (Å²) in [5.74, 6) is -0.315. The number of hydrogen-bond acceptors (Lipinski definition) is 3. The first-order valence-corrected chi connectivity index (χ1v) is 10.1. The summed E-state index contributed by atoms with van der Waals surface area (Å²) in [6.07, 6.45) is -4.37. The molecule has 1 amide bonds. The van der Waals surface area contributed by atoms with E-state index in [1.807, 2.05) is 24.9 Å². The Morgan fingerprint density at radius 3 is 2.24 bits per heavy atom. The van der Waals surface area contributed by atoms with Crippen LogP contribution < -0.4 is 5.32 Å². The highest BCUT2D eigenvalue weighted by molar-refractivity contribution is 9.10. The van der Waals surface area contributed by atoms with Gasteiger partial charge in [-0.15, -0.1) is 0 Å². The zero-order valence-corrected chi connectivity index (χ0v) is 17.8. The average molecular weight is 470 g/mol. The van der Waals surface area contributed by atoms with E-state index in [2.05, 4.69) is 21.2 Å². The number of carbonyl (C=O) groups is 1. The standard InChI is InChI=1S/C21H23BrF3N3O/c1-14-3-4-16(13-18(14)22)20(29)26-17-7-5-15(6-8-17)19(21(23,24)25)28-11-9-27(2)10-12-28/h3-8,13,19H,9-12H2,1-2H3,(H,26,29). The third kappa shape index (κ3) is 5.38. The second kappa shape index (κ2) is 8.85. The molecule has 3 rings (SSSR count). The van der Waals surface area contributed by atoms with Gasteiger partial charge < -0.3 is 10.2 Å². The molecule has 0 bridgehead atoms. The number of anilines is 1. The van der Waals surface area contributed by atoms with Crippen LogP contribution in [-0.2, 0) is 0 Å². The topological polar surface area (TPSA) is 35.6 Å².